The number of ether oxygens (including phenoxy) is 1. The summed E-state index contributed by atoms with van der Waals surface area (Å²) in [6.45, 7) is 0. The van der Waals surface area contributed by atoms with Crippen LogP contribution < -0.4 is 4.74 Å². The molecule has 0 spiro atoms. The Bertz CT molecular complexity index is 772. The number of hydrogen-bond acceptors (Lipinski definition) is 3. The smallest absolute Gasteiger partial charge is 0.127 e. The van der Waals surface area contributed by atoms with Crippen molar-refractivity contribution in [3.8, 4) is 29.6 Å². The Kier molecular flexibility index (Phi) is 3.20. The molecule has 2 N–H and O–H groups in total. The molecule has 116 valence electrons. The average molecular weight is 306 g/mol. The molecule has 3 nitrogen and oxygen atoms in total. The van der Waals surface area contributed by atoms with Gasteiger partial charge in [0.05, 0.1) is 0 Å². The van der Waals surface area contributed by atoms with E-state index in [1.165, 1.54) is 0 Å². The van der Waals surface area contributed by atoms with Gasteiger partial charge in [0.2, 0.25) is 0 Å². The van der Waals surface area contributed by atoms with Crippen molar-refractivity contribution in [2.75, 3.05) is 0 Å². The Hall–Kier alpha value is -2.60. The van der Waals surface area contributed by atoms with E-state index in [0.29, 0.717) is 5.92 Å². The molecule has 2 aromatic rings. The molecule has 23 heavy (non-hydrogen) atoms. The molecule has 1 aliphatic carbocycles. The molecule has 4 atom stereocenters. The normalized spacial score (nSPS) is 28.3. The summed E-state index contributed by atoms with van der Waals surface area (Å²) in [7, 11) is 0. The highest BCUT2D eigenvalue weighted by atomic mass is 16.5. The standard InChI is InChI=1S/C20H18O3/c1-2-12-9-16-17-11-15(22)7-8-19(17)23-20(18(16)10-12)13-3-5-14(21)6-4-13/h1,3-8,11-12,16,18,20-22H,9-10H2/t12?,16-,18?,20?/m0/s1. The van der Waals surface area contributed by atoms with Crippen LogP contribution in [0.1, 0.15) is 36.0 Å². The van der Waals surface area contributed by atoms with Crippen molar-refractivity contribution in [1.29, 1.82) is 0 Å². The van der Waals surface area contributed by atoms with Crippen LogP contribution in [0.3, 0.4) is 0 Å². The largest absolute Gasteiger partial charge is 0.508 e. The van der Waals surface area contributed by atoms with E-state index < -0.39 is 0 Å². The number of phenols is 2. The first-order chi connectivity index (χ1) is 11.2. The molecule has 3 heteroatoms. The molecule has 1 saturated carbocycles. The number of rotatable bonds is 1. The Morgan fingerprint density at radius 2 is 1.74 bits per heavy atom. The second-order valence-electron chi connectivity index (χ2n) is 6.46. The van der Waals surface area contributed by atoms with Gasteiger partial charge in [-0.05, 0) is 54.7 Å². The van der Waals surface area contributed by atoms with Crippen LogP contribution in [0.2, 0.25) is 0 Å². The first-order valence-electron chi connectivity index (χ1n) is 7.90. The zero-order valence-electron chi connectivity index (χ0n) is 12.6. The van der Waals surface area contributed by atoms with E-state index in [4.69, 9.17) is 11.2 Å². The lowest BCUT2D eigenvalue weighted by Gasteiger charge is -2.36. The third-order valence-electron chi connectivity index (χ3n) is 5.10. The van der Waals surface area contributed by atoms with E-state index in [9.17, 15) is 10.2 Å². The molecule has 1 fully saturated rings. The fraction of sp³-hybridized carbons (Fsp3) is 0.300. The fourth-order valence-corrected chi connectivity index (χ4v) is 4.03. The van der Waals surface area contributed by atoms with Crippen molar-refractivity contribution in [2.24, 2.45) is 11.8 Å². The molecular formula is C20H18O3. The molecule has 0 radical (unpaired) electrons. The second kappa shape index (κ2) is 5.24. The first kappa shape index (κ1) is 14.0. The summed E-state index contributed by atoms with van der Waals surface area (Å²) < 4.78 is 6.26. The van der Waals surface area contributed by atoms with Gasteiger partial charge in [-0.1, -0.05) is 12.1 Å². The third-order valence-corrected chi connectivity index (χ3v) is 5.10. The lowest BCUT2D eigenvalue weighted by atomic mass is 9.80. The van der Waals surface area contributed by atoms with Crippen molar-refractivity contribution in [1.82, 2.24) is 0 Å². The van der Waals surface area contributed by atoms with Crippen LogP contribution in [0, 0.1) is 24.2 Å². The Balaban J connectivity index is 1.78. The molecule has 2 aliphatic rings. The summed E-state index contributed by atoms with van der Waals surface area (Å²) >= 11 is 0. The zero-order chi connectivity index (χ0) is 16.0. The van der Waals surface area contributed by atoms with Crippen LogP contribution in [-0.2, 0) is 0 Å². The van der Waals surface area contributed by atoms with Gasteiger partial charge in [0, 0.05) is 17.4 Å². The van der Waals surface area contributed by atoms with E-state index in [2.05, 4.69) is 5.92 Å². The molecule has 0 saturated heterocycles. The Morgan fingerprint density at radius 3 is 2.48 bits per heavy atom. The summed E-state index contributed by atoms with van der Waals surface area (Å²) in [5, 5.41) is 19.3. The highest BCUT2D eigenvalue weighted by Crippen LogP contribution is 2.55. The number of phenolic OH excluding ortho intramolecular Hbond substituents is 2. The summed E-state index contributed by atoms with van der Waals surface area (Å²) in [5.41, 5.74) is 2.11. The number of fused-ring (bicyclic) bond motifs is 3. The minimum atomic E-state index is -0.0732. The summed E-state index contributed by atoms with van der Waals surface area (Å²) in [6.07, 6.45) is 7.44. The third kappa shape index (κ3) is 2.31. The number of aromatic hydroxyl groups is 2. The predicted molar refractivity (Wildman–Crippen MR) is 87.4 cm³/mol. The highest BCUT2D eigenvalue weighted by Gasteiger charge is 2.45. The monoisotopic (exact) mass is 306 g/mol. The molecule has 0 bridgehead atoms. The Labute approximate surface area is 135 Å². The van der Waals surface area contributed by atoms with Crippen molar-refractivity contribution < 1.29 is 14.9 Å². The average Bonchev–Trinajstić information content (AvgIpc) is 3.00. The number of benzene rings is 2. The lowest BCUT2D eigenvalue weighted by molar-refractivity contribution is 0.103. The minimum Gasteiger partial charge on any atom is -0.508 e. The van der Waals surface area contributed by atoms with Crippen LogP contribution >= 0.6 is 0 Å². The van der Waals surface area contributed by atoms with Crippen LogP contribution in [0.4, 0.5) is 0 Å². The van der Waals surface area contributed by atoms with Crippen molar-refractivity contribution in [3.05, 3.63) is 53.6 Å². The van der Waals surface area contributed by atoms with Gasteiger partial charge in [-0.2, -0.15) is 0 Å². The van der Waals surface area contributed by atoms with Gasteiger partial charge in [-0.3, -0.25) is 0 Å². The van der Waals surface area contributed by atoms with Crippen LogP contribution in [0.5, 0.6) is 17.2 Å². The fourth-order valence-electron chi connectivity index (χ4n) is 4.03. The zero-order valence-corrected chi connectivity index (χ0v) is 12.6. The van der Waals surface area contributed by atoms with Crippen LogP contribution in [0.25, 0.3) is 0 Å². The Morgan fingerprint density at radius 1 is 1.00 bits per heavy atom. The van der Waals surface area contributed by atoms with Gasteiger partial charge in [0.25, 0.3) is 0 Å². The van der Waals surface area contributed by atoms with Crippen molar-refractivity contribution in [3.63, 3.8) is 0 Å². The maximum absolute atomic E-state index is 9.82. The van der Waals surface area contributed by atoms with Gasteiger partial charge in [0.1, 0.15) is 23.4 Å². The summed E-state index contributed by atoms with van der Waals surface area (Å²) in [6, 6.07) is 12.5. The maximum Gasteiger partial charge on any atom is 0.127 e. The first-order valence-corrected chi connectivity index (χ1v) is 7.90. The maximum atomic E-state index is 9.82. The SMILES string of the molecule is C#CC1CC2C(c3ccc(O)cc3)Oc3ccc(O)cc3[C@@H]2C1. The molecule has 4 rings (SSSR count). The molecular weight excluding hydrogens is 288 g/mol. The molecule has 1 aliphatic heterocycles. The summed E-state index contributed by atoms with van der Waals surface area (Å²) in [4.78, 5) is 0. The minimum absolute atomic E-state index is 0.0732. The van der Waals surface area contributed by atoms with E-state index in [0.717, 1.165) is 29.7 Å². The number of hydrogen-bond donors (Lipinski definition) is 2. The van der Waals surface area contributed by atoms with Gasteiger partial charge < -0.3 is 14.9 Å². The quantitative estimate of drug-likeness (QED) is 0.784. The lowest BCUT2D eigenvalue weighted by Crippen LogP contribution is -2.26. The molecule has 3 unspecified atom stereocenters. The molecule has 2 aromatic carbocycles. The van der Waals surface area contributed by atoms with Crippen LogP contribution in [0.15, 0.2) is 42.5 Å². The predicted octanol–water partition coefficient (Wildman–Crippen LogP) is 3.97. The van der Waals surface area contributed by atoms with Gasteiger partial charge >= 0.3 is 0 Å². The highest BCUT2D eigenvalue weighted by molar-refractivity contribution is 5.46. The van der Waals surface area contributed by atoms with Crippen molar-refractivity contribution >= 4 is 0 Å². The second-order valence-corrected chi connectivity index (χ2v) is 6.46. The van der Waals surface area contributed by atoms with Gasteiger partial charge in [-0.15, -0.1) is 12.3 Å². The van der Waals surface area contributed by atoms with E-state index in [-0.39, 0.29) is 29.4 Å². The van der Waals surface area contributed by atoms with E-state index >= 15 is 0 Å². The van der Waals surface area contributed by atoms with E-state index in [1.807, 2.05) is 18.2 Å². The molecule has 0 amide bonds. The van der Waals surface area contributed by atoms with E-state index in [1.54, 1.807) is 24.3 Å². The molecule has 1 heterocycles. The summed E-state index contributed by atoms with van der Waals surface area (Å²) in [5.74, 6) is 5.04. The number of terminal acetylenes is 1. The van der Waals surface area contributed by atoms with Crippen molar-refractivity contribution in [2.45, 2.75) is 24.9 Å². The topological polar surface area (TPSA) is 49.7 Å². The van der Waals surface area contributed by atoms with Gasteiger partial charge in [-0.25, -0.2) is 0 Å². The molecule has 0 aromatic heterocycles. The van der Waals surface area contributed by atoms with Crippen LogP contribution in [-0.4, -0.2) is 10.2 Å². The van der Waals surface area contributed by atoms with Gasteiger partial charge in [0.15, 0.2) is 0 Å².